The first-order chi connectivity index (χ1) is 4.70. The van der Waals surface area contributed by atoms with Crippen molar-refractivity contribution >= 4 is 5.97 Å². The summed E-state index contributed by atoms with van der Waals surface area (Å²) in [5.41, 5.74) is 5.23. The van der Waals surface area contributed by atoms with Crippen molar-refractivity contribution < 1.29 is 14.3 Å². The lowest BCUT2D eigenvalue weighted by Crippen LogP contribution is -2.29. The van der Waals surface area contributed by atoms with Crippen molar-refractivity contribution in [3.63, 3.8) is 0 Å². The van der Waals surface area contributed by atoms with E-state index in [0.29, 0.717) is 13.2 Å². The van der Waals surface area contributed by atoms with Crippen molar-refractivity contribution in [2.75, 3.05) is 13.2 Å². The number of rotatable bonds is 3. The summed E-state index contributed by atoms with van der Waals surface area (Å²) < 4.78 is 9.56. The SMILES string of the molecule is C[C@H](N)C(=O)OC[C@@H]1CO1. The average molecular weight is 145 g/mol. The molecule has 1 aliphatic heterocycles. The average Bonchev–Trinajstić information content (AvgIpc) is 2.64. The van der Waals surface area contributed by atoms with Gasteiger partial charge in [-0.3, -0.25) is 4.79 Å². The van der Waals surface area contributed by atoms with Crippen LogP contribution in [0, 0.1) is 0 Å². The predicted octanol–water partition coefficient (Wildman–Crippen LogP) is -0.724. The molecule has 0 aromatic rings. The molecule has 2 N–H and O–H groups in total. The molecule has 0 unspecified atom stereocenters. The fourth-order valence-corrected chi connectivity index (χ4v) is 0.471. The van der Waals surface area contributed by atoms with Gasteiger partial charge in [0.25, 0.3) is 0 Å². The summed E-state index contributed by atoms with van der Waals surface area (Å²) in [4.78, 5) is 10.7. The number of carbonyl (C=O) groups is 1. The maximum atomic E-state index is 10.7. The Balaban J connectivity index is 2.05. The van der Waals surface area contributed by atoms with Crippen LogP contribution in [0.25, 0.3) is 0 Å². The van der Waals surface area contributed by atoms with Crippen LogP contribution in [0.3, 0.4) is 0 Å². The van der Waals surface area contributed by atoms with E-state index in [2.05, 4.69) is 0 Å². The van der Waals surface area contributed by atoms with Crippen molar-refractivity contribution in [1.29, 1.82) is 0 Å². The van der Waals surface area contributed by atoms with Crippen LogP contribution < -0.4 is 5.73 Å². The first-order valence-electron chi connectivity index (χ1n) is 3.24. The van der Waals surface area contributed by atoms with Gasteiger partial charge in [0.05, 0.1) is 6.61 Å². The molecule has 58 valence electrons. The minimum absolute atomic E-state index is 0.127. The predicted molar refractivity (Wildman–Crippen MR) is 34.3 cm³/mol. The van der Waals surface area contributed by atoms with Crippen LogP contribution in [0.5, 0.6) is 0 Å². The molecule has 1 heterocycles. The molecule has 0 saturated carbocycles. The second-order valence-electron chi connectivity index (χ2n) is 2.37. The van der Waals surface area contributed by atoms with E-state index in [1.165, 1.54) is 0 Å². The third kappa shape index (κ3) is 2.33. The molecule has 0 aromatic carbocycles. The summed E-state index contributed by atoms with van der Waals surface area (Å²) in [5.74, 6) is -0.365. The van der Waals surface area contributed by atoms with E-state index in [1.54, 1.807) is 6.92 Å². The lowest BCUT2D eigenvalue weighted by molar-refractivity contribution is -0.145. The van der Waals surface area contributed by atoms with E-state index in [9.17, 15) is 4.79 Å². The third-order valence-electron chi connectivity index (χ3n) is 1.19. The minimum Gasteiger partial charge on any atom is -0.462 e. The van der Waals surface area contributed by atoms with Gasteiger partial charge >= 0.3 is 5.97 Å². The highest BCUT2D eigenvalue weighted by atomic mass is 16.6. The van der Waals surface area contributed by atoms with Crippen LogP contribution in [0.2, 0.25) is 0 Å². The quantitative estimate of drug-likeness (QED) is 0.420. The maximum Gasteiger partial charge on any atom is 0.322 e. The number of epoxide rings is 1. The van der Waals surface area contributed by atoms with Gasteiger partial charge in [-0.25, -0.2) is 0 Å². The molecule has 2 atom stereocenters. The minimum atomic E-state index is -0.529. The number of hydrogen-bond donors (Lipinski definition) is 1. The standard InChI is InChI=1S/C6H11NO3/c1-4(7)6(8)10-3-5-2-9-5/h4-5H,2-3,7H2,1H3/t4-,5-/m0/s1. The summed E-state index contributed by atoms with van der Waals surface area (Å²) >= 11 is 0. The molecule has 10 heavy (non-hydrogen) atoms. The Morgan fingerprint density at radius 3 is 3.00 bits per heavy atom. The Hall–Kier alpha value is -0.610. The lowest BCUT2D eigenvalue weighted by atomic mass is 10.4. The summed E-state index contributed by atoms with van der Waals surface area (Å²) in [6.45, 7) is 2.64. The highest BCUT2D eigenvalue weighted by Gasteiger charge is 2.24. The van der Waals surface area contributed by atoms with Gasteiger partial charge < -0.3 is 15.2 Å². The second-order valence-corrected chi connectivity index (χ2v) is 2.37. The van der Waals surface area contributed by atoms with Crippen molar-refractivity contribution in [3.05, 3.63) is 0 Å². The molecule has 1 fully saturated rings. The Morgan fingerprint density at radius 2 is 2.60 bits per heavy atom. The summed E-state index contributed by atoms with van der Waals surface area (Å²) in [6.07, 6.45) is 0.127. The number of esters is 1. The zero-order chi connectivity index (χ0) is 7.56. The molecule has 1 aliphatic rings. The molecular formula is C6H11NO3. The van der Waals surface area contributed by atoms with E-state index >= 15 is 0 Å². The first kappa shape index (κ1) is 7.50. The molecule has 4 heteroatoms. The molecule has 1 saturated heterocycles. The van der Waals surface area contributed by atoms with E-state index in [4.69, 9.17) is 15.2 Å². The van der Waals surface area contributed by atoms with E-state index in [-0.39, 0.29) is 12.1 Å². The molecule has 0 amide bonds. The van der Waals surface area contributed by atoms with Crippen LogP contribution >= 0.6 is 0 Å². The summed E-state index contributed by atoms with van der Waals surface area (Å²) in [5, 5.41) is 0. The highest BCUT2D eigenvalue weighted by molar-refractivity contribution is 5.74. The van der Waals surface area contributed by atoms with Gasteiger partial charge in [-0.05, 0) is 6.92 Å². The van der Waals surface area contributed by atoms with Crippen molar-refractivity contribution in [2.24, 2.45) is 5.73 Å². The van der Waals surface area contributed by atoms with Crippen LogP contribution in [0.15, 0.2) is 0 Å². The summed E-state index contributed by atoms with van der Waals surface area (Å²) in [7, 11) is 0. The van der Waals surface area contributed by atoms with Gasteiger partial charge in [0.2, 0.25) is 0 Å². The number of hydrogen-bond acceptors (Lipinski definition) is 4. The van der Waals surface area contributed by atoms with Gasteiger partial charge in [-0.1, -0.05) is 0 Å². The zero-order valence-corrected chi connectivity index (χ0v) is 5.87. The number of carbonyl (C=O) groups excluding carboxylic acids is 1. The van der Waals surface area contributed by atoms with Crippen molar-refractivity contribution in [3.8, 4) is 0 Å². The van der Waals surface area contributed by atoms with Gasteiger partial charge in [0.1, 0.15) is 18.8 Å². The van der Waals surface area contributed by atoms with E-state index in [1.807, 2.05) is 0 Å². The monoisotopic (exact) mass is 145 g/mol. The zero-order valence-electron chi connectivity index (χ0n) is 5.87. The lowest BCUT2D eigenvalue weighted by Gasteiger charge is -2.03. The third-order valence-corrected chi connectivity index (χ3v) is 1.19. The fraction of sp³-hybridized carbons (Fsp3) is 0.833. The van der Waals surface area contributed by atoms with Crippen LogP contribution in [-0.4, -0.2) is 31.3 Å². The highest BCUT2D eigenvalue weighted by Crippen LogP contribution is 2.08. The molecule has 0 aliphatic carbocycles. The van der Waals surface area contributed by atoms with Crippen molar-refractivity contribution in [1.82, 2.24) is 0 Å². The normalized spacial score (nSPS) is 25.6. The Kier molecular flexibility index (Phi) is 2.24. The molecule has 0 radical (unpaired) electrons. The molecular weight excluding hydrogens is 134 g/mol. The largest absolute Gasteiger partial charge is 0.462 e. The topological polar surface area (TPSA) is 64.9 Å². The van der Waals surface area contributed by atoms with Gasteiger partial charge in [-0.15, -0.1) is 0 Å². The summed E-state index contributed by atoms with van der Waals surface area (Å²) in [6, 6.07) is -0.529. The van der Waals surface area contributed by atoms with Gasteiger partial charge in [-0.2, -0.15) is 0 Å². The fourth-order valence-electron chi connectivity index (χ4n) is 0.471. The molecule has 0 bridgehead atoms. The van der Waals surface area contributed by atoms with Crippen LogP contribution in [0.1, 0.15) is 6.92 Å². The molecule has 0 aromatic heterocycles. The van der Waals surface area contributed by atoms with E-state index < -0.39 is 6.04 Å². The Bertz CT molecular complexity index is 131. The van der Waals surface area contributed by atoms with Gasteiger partial charge in [0, 0.05) is 0 Å². The first-order valence-corrected chi connectivity index (χ1v) is 3.24. The van der Waals surface area contributed by atoms with Gasteiger partial charge in [0.15, 0.2) is 0 Å². The Morgan fingerprint density at radius 1 is 2.00 bits per heavy atom. The smallest absolute Gasteiger partial charge is 0.322 e. The maximum absolute atomic E-state index is 10.7. The molecule has 1 rings (SSSR count). The second kappa shape index (κ2) is 2.98. The van der Waals surface area contributed by atoms with Crippen molar-refractivity contribution in [2.45, 2.75) is 19.1 Å². The molecule has 4 nitrogen and oxygen atoms in total. The number of nitrogens with two attached hydrogens (primary N) is 1. The van der Waals surface area contributed by atoms with E-state index in [0.717, 1.165) is 0 Å². The number of ether oxygens (including phenoxy) is 2. The van der Waals surface area contributed by atoms with Crippen LogP contribution in [-0.2, 0) is 14.3 Å². The van der Waals surface area contributed by atoms with Crippen LogP contribution in [0.4, 0.5) is 0 Å². The molecule has 0 spiro atoms. The Labute approximate surface area is 59.3 Å².